The minimum Gasteiger partial charge on any atom is -0.325 e. The van der Waals surface area contributed by atoms with Gasteiger partial charge in [0.15, 0.2) is 0 Å². The number of carbonyl (C=O) groups is 3. The predicted octanol–water partition coefficient (Wildman–Crippen LogP) is 6.67. The Labute approximate surface area is 260 Å². The number of rotatable bonds is 5. The molecule has 0 spiro atoms. The summed E-state index contributed by atoms with van der Waals surface area (Å²) in [4.78, 5) is 54.6. The lowest BCUT2D eigenvalue weighted by Crippen LogP contribution is -2.33. The van der Waals surface area contributed by atoms with Crippen LogP contribution in [0.2, 0.25) is 10.0 Å². The van der Waals surface area contributed by atoms with Gasteiger partial charge in [0, 0.05) is 16.5 Å². The van der Waals surface area contributed by atoms with Crippen LogP contribution >= 0.6 is 46.3 Å². The highest BCUT2D eigenvalue weighted by Crippen LogP contribution is 2.55. The molecule has 43 heavy (non-hydrogen) atoms. The van der Waals surface area contributed by atoms with Crippen molar-refractivity contribution < 1.29 is 27.6 Å². The first-order valence-corrected chi connectivity index (χ1v) is 15.1. The first-order chi connectivity index (χ1) is 20.5. The molecule has 0 aliphatic carbocycles. The standard InChI is InChI=1S/C29H18Cl2F3N3O4S2/c30-18-11-5-10-17(22(18)31)20-21-23(26(40)37(25(21)39)16-9-4-6-14(12-16)29(32,33)34)42-27-24(20)43-28(41)36(27)13-19(38)35-15-7-2-1-3-8-15/h1-12,20-21,23H,13H2,(H,35,38)/t20-,21-,23+/m0/s1. The van der Waals surface area contributed by atoms with E-state index in [1.54, 1.807) is 48.5 Å². The summed E-state index contributed by atoms with van der Waals surface area (Å²) in [5.41, 5.74) is -0.340. The summed E-state index contributed by atoms with van der Waals surface area (Å²) in [6.45, 7) is -0.376. The van der Waals surface area contributed by atoms with Crippen LogP contribution in [0.4, 0.5) is 24.5 Å². The van der Waals surface area contributed by atoms with Crippen LogP contribution in [0.15, 0.2) is 82.6 Å². The zero-order valence-electron chi connectivity index (χ0n) is 21.6. The first kappa shape index (κ1) is 29.5. The summed E-state index contributed by atoms with van der Waals surface area (Å²) in [6.07, 6.45) is -4.69. The number of hydrogen-bond acceptors (Lipinski definition) is 6. The Hall–Kier alpha value is -3.58. The molecule has 0 saturated carbocycles. The van der Waals surface area contributed by atoms with Gasteiger partial charge in [-0.15, -0.1) is 0 Å². The third kappa shape index (κ3) is 5.26. The topological polar surface area (TPSA) is 88.5 Å². The van der Waals surface area contributed by atoms with Gasteiger partial charge in [-0.25, -0.2) is 4.90 Å². The molecule has 6 rings (SSSR count). The predicted molar refractivity (Wildman–Crippen MR) is 159 cm³/mol. The van der Waals surface area contributed by atoms with E-state index in [9.17, 15) is 32.3 Å². The largest absolute Gasteiger partial charge is 0.416 e. The van der Waals surface area contributed by atoms with Crippen molar-refractivity contribution in [2.45, 2.75) is 28.9 Å². The highest BCUT2D eigenvalue weighted by molar-refractivity contribution is 8.00. The van der Waals surface area contributed by atoms with Crippen molar-refractivity contribution in [2.24, 2.45) is 5.92 Å². The number of alkyl halides is 3. The fraction of sp³-hybridized carbons (Fsp3) is 0.172. The molecule has 7 nitrogen and oxygen atoms in total. The second-order valence-electron chi connectivity index (χ2n) is 9.78. The van der Waals surface area contributed by atoms with Gasteiger partial charge < -0.3 is 5.32 Å². The molecule has 3 heterocycles. The van der Waals surface area contributed by atoms with Crippen LogP contribution in [0, 0.1) is 5.92 Å². The Balaban J connectivity index is 1.45. The fourth-order valence-corrected chi connectivity index (χ4v) is 8.48. The second-order valence-corrected chi connectivity index (χ2v) is 12.7. The number of amides is 3. The van der Waals surface area contributed by atoms with Crippen molar-refractivity contribution in [2.75, 3.05) is 10.2 Å². The second kappa shape index (κ2) is 11.2. The molecule has 3 atom stereocenters. The molecule has 14 heteroatoms. The van der Waals surface area contributed by atoms with Gasteiger partial charge in [0.05, 0.1) is 32.2 Å². The third-order valence-corrected chi connectivity index (χ3v) is 10.6. The SMILES string of the molecule is O=C(Cn1c2c(sc1=O)[C@@H](c1cccc(Cl)c1Cl)[C@@H]1C(=O)N(c3cccc(C(F)(F)F)c3)C(=O)[C@@H]1S2)Nc1ccccc1. The number of fused-ring (bicyclic) bond motifs is 2. The van der Waals surface area contributed by atoms with Gasteiger partial charge >= 0.3 is 11.0 Å². The normalized spacial score (nSPS) is 19.7. The summed E-state index contributed by atoms with van der Waals surface area (Å²) >= 11 is 14.7. The molecule has 1 fully saturated rings. The zero-order valence-corrected chi connectivity index (χ0v) is 24.7. The van der Waals surface area contributed by atoms with E-state index >= 15 is 0 Å². The van der Waals surface area contributed by atoms with Gasteiger partial charge in [-0.05, 0) is 42.0 Å². The van der Waals surface area contributed by atoms with Crippen molar-refractivity contribution in [3.05, 3.63) is 109 Å². The maximum atomic E-state index is 14.0. The van der Waals surface area contributed by atoms with Crippen molar-refractivity contribution in [1.29, 1.82) is 0 Å². The molecule has 0 unspecified atom stereocenters. The summed E-state index contributed by atoms with van der Waals surface area (Å²) in [5, 5.41) is 2.18. The van der Waals surface area contributed by atoms with E-state index in [2.05, 4.69) is 5.32 Å². The average molecular weight is 665 g/mol. The van der Waals surface area contributed by atoms with Gasteiger partial charge in [-0.2, -0.15) is 13.2 Å². The maximum absolute atomic E-state index is 14.0. The van der Waals surface area contributed by atoms with E-state index in [1.165, 1.54) is 10.6 Å². The molecule has 1 aromatic heterocycles. The molecule has 1 saturated heterocycles. The lowest BCUT2D eigenvalue weighted by molar-refractivity contribution is -0.137. The number of halogens is 5. The Morgan fingerprint density at radius 2 is 1.65 bits per heavy atom. The van der Waals surface area contributed by atoms with E-state index < -0.39 is 51.4 Å². The Bertz CT molecular complexity index is 1840. The Morgan fingerprint density at radius 1 is 0.930 bits per heavy atom. The lowest BCUT2D eigenvalue weighted by atomic mass is 9.83. The fourth-order valence-electron chi connectivity index (χ4n) is 5.29. The molecule has 220 valence electrons. The summed E-state index contributed by atoms with van der Waals surface area (Å²) in [5.74, 6) is -4.01. The number of para-hydroxylation sites is 1. The number of carbonyl (C=O) groups excluding carboxylic acids is 3. The van der Waals surface area contributed by atoms with Gasteiger partial charge in [0.1, 0.15) is 11.8 Å². The highest BCUT2D eigenvalue weighted by atomic mass is 35.5. The van der Waals surface area contributed by atoms with Gasteiger partial charge in [0.25, 0.3) is 0 Å². The van der Waals surface area contributed by atoms with Crippen molar-refractivity contribution in [1.82, 2.24) is 4.57 Å². The molecule has 0 bridgehead atoms. The van der Waals surface area contributed by atoms with Crippen LogP contribution in [0.3, 0.4) is 0 Å². The lowest BCUT2D eigenvalue weighted by Gasteiger charge is -2.31. The van der Waals surface area contributed by atoms with Crippen LogP contribution in [-0.4, -0.2) is 27.5 Å². The van der Waals surface area contributed by atoms with Crippen molar-refractivity contribution in [3.63, 3.8) is 0 Å². The van der Waals surface area contributed by atoms with Gasteiger partial charge in [-0.1, -0.05) is 82.7 Å². The first-order valence-electron chi connectivity index (χ1n) is 12.7. The zero-order chi connectivity index (χ0) is 30.6. The van der Waals surface area contributed by atoms with E-state index in [4.69, 9.17) is 23.2 Å². The molecular weight excluding hydrogens is 646 g/mol. The molecule has 2 aliphatic heterocycles. The van der Waals surface area contributed by atoms with E-state index in [0.717, 1.165) is 46.2 Å². The maximum Gasteiger partial charge on any atom is 0.416 e. The molecule has 2 aliphatic rings. The number of nitrogens with zero attached hydrogens (tertiary/aromatic N) is 2. The number of hydrogen-bond donors (Lipinski definition) is 1. The average Bonchev–Trinajstić information content (AvgIpc) is 3.41. The van der Waals surface area contributed by atoms with Crippen LogP contribution in [0.25, 0.3) is 0 Å². The monoisotopic (exact) mass is 663 g/mol. The summed E-state index contributed by atoms with van der Waals surface area (Å²) in [6, 6.07) is 17.4. The number of imide groups is 1. The van der Waals surface area contributed by atoms with Crippen LogP contribution in [0.5, 0.6) is 0 Å². The number of thiazole rings is 1. The third-order valence-electron chi connectivity index (χ3n) is 7.16. The van der Waals surface area contributed by atoms with Crippen LogP contribution in [0.1, 0.15) is 21.9 Å². The number of anilines is 2. The van der Waals surface area contributed by atoms with E-state index in [1.807, 2.05) is 0 Å². The van der Waals surface area contributed by atoms with Crippen molar-refractivity contribution >= 4 is 75.4 Å². The molecule has 3 aromatic carbocycles. The quantitative estimate of drug-likeness (QED) is 0.241. The number of benzene rings is 3. The van der Waals surface area contributed by atoms with E-state index in [0.29, 0.717) is 21.2 Å². The minimum atomic E-state index is -4.69. The Morgan fingerprint density at radius 3 is 2.37 bits per heavy atom. The molecule has 0 radical (unpaired) electrons. The molecular formula is C29H18Cl2F3N3O4S2. The molecule has 4 aromatic rings. The minimum absolute atomic E-state index is 0.109. The van der Waals surface area contributed by atoms with Gasteiger partial charge in [0.2, 0.25) is 17.7 Å². The Kier molecular flexibility index (Phi) is 7.66. The number of thioether (sulfide) groups is 1. The highest BCUT2D eigenvalue weighted by Gasteiger charge is 2.57. The molecule has 1 N–H and O–H groups in total. The van der Waals surface area contributed by atoms with Crippen LogP contribution in [-0.2, 0) is 27.1 Å². The number of nitrogens with one attached hydrogen (secondary N) is 1. The van der Waals surface area contributed by atoms with Crippen LogP contribution < -0.4 is 15.1 Å². The summed E-state index contributed by atoms with van der Waals surface area (Å²) < 4.78 is 41.7. The van der Waals surface area contributed by atoms with Crippen molar-refractivity contribution in [3.8, 4) is 0 Å². The number of aromatic nitrogens is 1. The van der Waals surface area contributed by atoms with Gasteiger partial charge in [-0.3, -0.25) is 23.7 Å². The smallest absolute Gasteiger partial charge is 0.325 e. The van der Waals surface area contributed by atoms with E-state index in [-0.39, 0.29) is 22.3 Å². The summed E-state index contributed by atoms with van der Waals surface area (Å²) in [7, 11) is 0. The molecule has 3 amide bonds.